The zero-order valence-electron chi connectivity index (χ0n) is 10.7. The summed E-state index contributed by atoms with van der Waals surface area (Å²) in [6.45, 7) is 6.51. The smallest absolute Gasteiger partial charge is 0.0631 e. The van der Waals surface area contributed by atoms with E-state index in [0.29, 0.717) is 17.9 Å². The summed E-state index contributed by atoms with van der Waals surface area (Å²) >= 11 is 12.2. The Morgan fingerprint density at radius 3 is 2.31 bits per heavy atom. The van der Waals surface area contributed by atoms with E-state index in [2.05, 4.69) is 20.8 Å². The van der Waals surface area contributed by atoms with Gasteiger partial charge in [-0.15, -0.1) is 23.2 Å². The molecule has 1 fully saturated rings. The molecule has 0 saturated carbocycles. The summed E-state index contributed by atoms with van der Waals surface area (Å²) in [4.78, 5) is 0. The van der Waals surface area contributed by atoms with E-state index in [-0.39, 0.29) is 11.0 Å². The normalized spacial score (nSPS) is 24.9. The molecule has 0 aromatic rings. The summed E-state index contributed by atoms with van der Waals surface area (Å²) in [6, 6.07) is 0. The molecule has 1 unspecified atom stereocenters. The molecule has 0 N–H and O–H groups in total. The molecule has 1 heterocycles. The third-order valence-electron chi connectivity index (χ3n) is 3.56. The molecule has 0 radical (unpaired) electrons. The highest BCUT2D eigenvalue weighted by molar-refractivity contribution is 6.21. The lowest BCUT2D eigenvalue weighted by molar-refractivity contribution is -0.0319. The van der Waals surface area contributed by atoms with Crippen LogP contribution in [0.15, 0.2) is 0 Å². The van der Waals surface area contributed by atoms with Gasteiger partial charge in [-0.25, -0.2) is 0 Å². The fourth-order valence-corrected chi connectivity index (χ4v) is 3.39. The maximum atomic E-state index is 6.11. The van der Waals surface area contributed by atoms with Gasteiger partial charge in [-0.1, -0.05) is 13.3 Å². The van der Waals surface area contributed by atoms with Crippen LogP contribution >= 0.6 is 23.2 Å². The van der Waals surface area contributed by atoms with Crippen LogP contribution in [0.1, 0.15) is 52.9 Å². The van der Waals surface area contributed by atoms with Gasteiger partial charge in [0.2, 0.25) is 0 Å². The van der Waals surface area contributed by atoms with Crippen LogP contribution in [0.5, 0.6) is 0 Å². The third-order valence-corrected chi connectivity index (χ3v) is 4.70. The molecule has 3 heteroatoms. The van der Waals surface area contributed by atoms with Crippen molar-refractivity contribution in [1.82, 2.24) is 0 Å². The van der Waals surface area contributed by atoms with Crippen molar-refractivity contribution in [3.8, 4) is 0 Å². The zero-order chi connectivity index (χ0) is 12.2. The lowest BCUT2D eigenvalue weighted by atomic mass is 9.81. The van der Waals surface area contributed by atoms with Gasteiger partial charge in [0, 0.05) is 11.8 Å². The molecule has 0 amide bonds. The molecule has 0 aromatic carbocycles. The van der Waals surface area contributed by atoms with Gasteiger partial charge in [0.25, 0.3) is 0 Å². The van der Waals surface area contributed by atoms with E-state index in [9.17, 15) is 0 Å². The predicted octanol–water partition coefficient (Wildman–Crippen LogP) is 4.60. The minimum Gasteiger partial charge on any atom is -0.372 e. The van der Waals surface area contributed by atoms with Crippen LogP contribution < -0.4 is 0 Å². The van der Waals surface area contributed by atoms with Crippen LogP contribution in [0, 0.1) is 5.41 Å². The second kappa shape index (κ2) is 5.93. The Morgan fingerprint density at radius 2 is 1.94 bits per heavy atom. The molecule has 96 valence electrons. The van der Waals surface area contributed by atoms with Crippen molar-refractivity contribution in [3.63, 3.8) is 0 Å². The van der Waals surface area contributed by atoms with E-state index >= 15 is 0 Å². The lowest BCUT2D eigenvalue weighted by Crippen LogP contribution is -2.31. The molecule has 16 heavy (non-hydrogen) atoms. The van der Waals surface area contributed by atoms with E-state index in [4.69, 9.17) is 27.9 Å². The van der Waals surface area contributed by atoms with E-state index < -0.39 is 0 Å². The molecule has 0 aromatic heterocycles. The number of alkyl halides is 2. The first-order valence-corrected chi connectivity index (χ1v) is 7.33. The maximum Gasteiger partial charge on any atom is 0.0631 e. The zero-order valence-corrected chi connectivity index (χ0v) is 12.2. The Labute approximate surface area is 110 Å². The minimum absolute atomic E-state index is 0.0429. The molecule has 1 saturated heterocycles. The average Bonchev–Trinajstić information content (AvgIpc) is 2.57. The van der Waals surface area contributed by atoms with Crippen LogP contribution in [0.25, 0.3) is 0 Å². The molecule has 1 nitrogen and oxygen atoms in total. The minimum atomic E-state index is 0.0429. The maximum absolute atomic E-state index is 6.11. The second-order valence-corrected chi connectivity index (χ2v) is 6.29. The summed E-state index contributed by atoms with van der Waals surface area (Å²) < 4.78 is 6.04. The number of halogens is 2. The van der Waals surface area contributed by atoms with Gasteiger partial charge in [-0.3, -0.25) is 0 Å². The van der Waals surface area contributed by atoms with Gasteiger partial charge in [-0.05, 0) is 44.9 Å². The van der Waals surface area contributed by atoms with Crippen LogP contribution in [0.3, 0.4) is 0 Å². The quantitative estimate of drug-likeness (QED) is 0.639. The Bertz CT molecular complexity index is 212. The SMILES string of the molecule is CCCC(CCl)(CCl)CC1CCC(C)(C)O1. The van der Waals surface area contributed by atoms with Gasteiger partial charge < -0.3 is 4.74 Å². The van der Waals surface area contributed by atoms with E-state index in [0.717, 1.165) is 32.1 Å². The summed E-state index contributed by atoms with van der Waals surface area (Å²) in [5.41, 5.74) is 0.115. The number of ether oxygens (including phenoxy) is 1. The Balaban J connectivity index is 2.55. The van der Waals surface area contributed by atoms with E-state index in [1.165, 1.54) is 0 Å². The second-order valence-electron chi connectivity index (χ2n) is 5.76. The van der Waals surface area contributed by atoms with Crippen LogP contribution in [0.4, 0.5) is 0 Å². The molecule has 1 aliphatic rings. The number of hydrogen-bond donors (Lipinski definition) is 0. The molecular weight excluding hydrogens is 243 g/mol. The summed E-state index contributed by atoms with van der Waals surface area (Å²) in [6.07, 6.45) is 5.88. The standard InChI is InChI=1S/C13H24Cl2O/c1-4-6-13(9-14,10-15)8-11-5-7-12(2,3)16-11/h11H,4-10H2,1-3H3. The van der Waals surface area contributed by atoms with Crippen LogP contribution in [-0.4, -0.2) is 23.5 Å². The van der Waals surface area contributed by atoms with Crippen LogP contribution in [0.2, 0.25) is 0 Å². The molecule has 1 rings (SSSR count). The first-order valence-electron chi connectivity index (χ1n) is 6.27. The van der Waals surface area contributed by atoms with E-state index in [1.807, 2.05) is 0 Å². The first-order chi connectivity index (χ1) is 7.47. The highest BCUT2D eigenvalue weighted by Crippen LogP contribution is 2.39. The topological polar surface area (TPSA) is 9.23 Å². The van der Waals surface area contributed by atoms with Gasteiger partial charge >= 0.3 is 0 Å². The van der Waals surface area contributed by atoms with Gasteiger partial charge in [0.15, 0.2) is 0 Å². The molecule has 0 bridgehead atoms. The summed E-state index contributed by atoms with van der Waals surface area (Å²) in [5, 5.41) is 0. The van der Waals surface area contributed by atoms with Crippen molar-refractivity contribution in [2.75, 3.05) is 11.8 Å². The Kier molecular flexibility index (Phi) is 5.41. The highest BCUT2D eigenvalue weighted by Gasteiger charge is 2.37. The number of hydrogen-bond acceptors (Lipinski definition) is 1. The summed E-state index contributed by atoms with van der Waals surface area (Å²) in [7, 11) is 0. The monoisotopic (exact) mass is 266 g/mol. The fourth-order valence-electron chi connectivity index (χ4n) is 2.62. The van der Waals surface area contributed by atoms with Gasteiger partial charge in [-0.2, -0.15) is 0 Å². The Morgan fingerprint density at radius 1 is 1.31 bits per heavy atom. The fraction of sp³-hybridized carbons (Fsp3) is 1.00. The Hall–Kier alpha value is 0.540. The van der Waals surface area contributed by atoms with Crippen LogP contribution in [-0.2, 0) is 4.74 Å². The first kappa shape index (κ1) is 14.6. The van der Waals surface area contributed by atoms with Crippen molar-refractivity contribution in [3.05, 3.63) is 0 Å². The van der Waals surface area contributed by atoms with E-state index in [1.54, 1.807) is 0 Å². The molecule has 0 spiro atoms. The molecule has 1 aliphatic heterocycles. The predicted molar refractivity (Wildman–Crippen MR) is 71.6 cm³/mol. The van der Waals surface area contributed by atoms with Gasteiger partial charge in [0.1, 0.15) is 0 Å². The highest BCUT2D eigenvalue weighted by atomic mass is 35.5. The third kappa shape index (κ3) is 3.78. The molecule has 1 atom stereocenters. The lowest BCUT2D eigenvalue weighted by Gasteiger charge is -2.32. The van der Waals surface area contributed by atoms with Crippen molar-refractivity contribution < 1.29 is 4.74 Å². The van der Waals surface area contributed by atoms with Crippen molar-refractivity contribution in [2.24, 2.45) is 5.41 Å². The number of rotatable bonds is 6. The van der Waals surface area contributed by atoms with Crippen molar-refractivity contribution >= 4 is 23.2 Å². The molecule has 0 aliphatic carbocycles. The summed E-state index contributed by atoms with van der Waals surface area (Å²) in [5.74, 6) is 1.29. The largest absolute Gasteiger partial charge is 0.372 e. The van der Waals surface area contributed by atoms with Crippen molar-refractivity contribution in [1.29, 1.82) is 0 Å². The molecular formula is C13H24Cl2O. The van der Waals surface area contributed by atoms with Crippen molar-refractivity contribution in [2.45, 2.75) is 64.6 Å². The van der Waals surface area contributed by atoms with Gasteiger partial charge in [0.05, 0.1) is 11.7 Å². The average molecular weight is 267 g/mol.